The highest BCUT2D eigenvalue weighted by atomic mass is 19.1. The molecule has 0 saturated carbocycles. The fraction of sp³-hybridized carbons (Fsp3) is 0.167. The lowest BCUT2D eigenvalue weighted by atomic mass is 10.5. The molecule has 2 N–H and O–H groups in total. The van der Waals surface area contributed by atoms with E-state index in [1.165, 1.54) is 4.98 Å². The van der Waals surface area contributed by atoms with Gasteiger partial charge >= 0.3 is 11.7 Å². The predicted octanol–water partition coefficient (Wildman–Crippen LogP) is -0.772. The third-order valence-electron chi connectivity index (χ3n) is 1.37. The third kappa shape index (κ3) is 1.68. The van der Waals surface area contributed by atoms with Gasteiger partial charge in [-0.15, -0.1) is 0 Å². The van der Waals surface area contributed by atoms with Crippen molar-refractivity contribution in [2.24, 2.45) is 0 Å². The van der Waals surface area contributed by atoms with Crippen molar-refractivity contribution >= 4 is 5.97 Å². The van der Waals surface area contributed by atoms with Crippen LogP contribution >= 0.6 is 0 Å². The maximum atomic E-state index is 12.7. The normalized spacial score (nSPS) is 12.4. The third-order valence-corrected chi connectivity index (χ3v) is 1.37. The Morgan fingerprint density at radius 3 is 2.64 bits per heavy atom. The zero-order valence-electron chi connectivity index (χ0n) is 6.53. The number of hydrogen-bond donors (Lipinski definition) is 2. The first kappa shape index (κ1) is 10.1. The van der Waals surface area contributed by atoms with Gasteiger partial charge in [0.2, 0.25) is 5.82 Å². The maximum Gasteiger partial charge on any atom is 0.360 e. The molecule has 0 fully saturated rings. The number of nitrogens with one attached hydrogen (secondary N) is 1. The topological polar surface area (TPSA) is 92.2 Å². The molecule has 1 rings (SSSR count). The van der Waals surface area contributed by atoms with Gasteiger partial charge in [0.1, 0.15) is 0 Å². The molecule has 0 aliphatic rings. The highest BCUT2D eigenvalue weighted by Gasteiger charge is 2.20. The second-order valence-corrected chi connectivity index (χ2v) is 2.32. The van der Waals surface area contributed by atoms with Gasteiger partial charge in [0, 0.05) is 0 Å². The monoisotopic (exact) mass is 206 g/mol. The summed E-state index contributed by atoms with van der Waals surface area (Å²) >= 11 is 0. The molecule has 6 nitrogen and oxygen atoms in total. The average Bonchev–Trinajstić information content (AvgIpc) is 2.10. The van der Waals surface area contributed by atoms with E-state index >= 15 is 0 Å². The Bertz CT molecular complexity index is 477. The van der Waals surface area contributed by atoms with Crippen LogP contribution in [-0.2, 0) is 4.79 Å². The van der Waals surface area contributed by atoms with Crippen molar-refractivity contribution < 1.29 is 18.7 Å². The number of H-pyrrole nitrogens is 1. The summed E-state index contributed by atoms with van der Waals surface area (Å²) < 4.78 is 25.2. The molecule has 0 aliphatic carbocycles. The number of hydrogen-bond acceptors (Lipinski definition) is 3. The smallest absolute Gasteiger partial charge is 0.360 e. The number of carboxylic acids is 1. The van der Waals surface area contributed by atoms with Gasteiger partial charge in [0.05, 0.1) is 6.20 Å². The van der Waals surface area contributed by atoms with Crippen LogP contribution in [0.2, 0.25) is 0 Å². The van der Waals surface area contributed by atoms with E-state index in [4.69, 9.17) is 5.11 Å². The summed E-state index contributed by atoms with van der Waals surface area (Å²) in [4.78, 5) is 32.8. The van der Waals surface area contributed by atoms with E-state index in [0.717, 1.165) is 0 Å². The summed E-state index contributed by atoms with van der Waals surface area (Å²) in [5, 5.41) is 8.17. The predicted molar refractivity (Wildman–Crippen MR) is 39.1 cm³/mol. The fourth-order valence-corrected chi connectivity index (χ4v) is 0.748. The van der Waals surface area contributed by atoms with E-state index in [-0.39, 0.29) is 10.8 Å². The lowest BCUT2D eigenvalue weighted by Crippen LogP contribution is -2.34. The molecule has 0 amide bonds. The van der Waals surface area contributed by atoms with Crippen molar-refractivity contribution in [2.45, 2.75) is 6.30 Å². The van der Waals surface area contributed by atoms with Crippen LogP contribution in [-0.4, -0.2) is 20.6 Å². The van der Waals surface area contributed by atoms with Crippen LogP contribution in [0.15, 0.2) is 15.8 Å². The Hall–Kier alpha value is -1.99. The number of nitrogens with zero attached hydrogens (tertiary/aromatic N) is 1. The Morgan fingerprint density at radius 1 is 1.57 bits per heavy atom. The second kappa shape index (κ2) is 3.40. The first-order valence-electron chi connectivity index (χ1n) is 3.31. The molecule has 8 heteroatoms. The number of aromatic nitrogens is 2. The van der Waals surface area contributed by atoms with Crippen LogP contribution in [0.5, 0.6) is 0 Å². The van der Waals surface area contributed by atoms with E-state index in [9.17, 15) is 23.2 Å². The molecule has 1 aromatic rings. The van der Waals surface area contributed by atoms with Crippen LogP contribution in [0.4, 0.5) is 8.78 Å². The number of carbonyl (C=O) groups is 1. The molecule has 1 aromatic heterocycles. The summed E-state index contributed by atoms with van der Waals surface area (Å²) in [6, 6.07) is 0. The molecule has 1 unspecified atom stereocenters. The van der Waals surface area contributed by atoms with E-state index in [0.29, 0.717) is 0 Å². The van der Waals surface area contributed by atoms with Crippen LogP contribution < -0.4 is 11.2 Å². The molecule has 0 spiro atoms. The molecular weight excluding hydrogens is 202 g/mol. The van der Waals surface area contributed by atoms with Crippen molar-refractivity contribution in [2.75, 3.05) is 0 Å². The molecule has 0 saturated heterocycles. The van der Waals surface area contributed by atoms with Crippen molar-refractivity contribution in [3.05, 3.63) is 32.9 Å². The van der Waals surface area contributed by atoms with Crippen LogP contribution in [0.25, 0.3) is 0 Å². The molecular formula is C6H4F2N2O4. The van der Waals surface area contributed by atoms with Gasteiger partial charge in [0.25, 0.3) is 11.9 Å². The summed E-state index contributed by atoms with van der Waals surface area (Å²) in [6.45, 7) is 0. The minimum Gasteiger partial charge on any atom is -0.478 e. The van der Waals surface area contributed by atoms with Gasteiger partial charge in [-0.3, -0.25) is 14.3 Å². The van der Waals surface area contributed by atoms with Gasteiger partial charge < -0.3 is 5.11 Å². The molecule has 0 radical (unpaired) electrons. The van der Waals surface area contributed by atoms with Crippen molar-refractivity contribution in [1.29, 1.82) is 0 Å². The highest BCUT2D eigenvalue weighted by Crippen LogP contribution is 2.03. The van der Waals surface area contributed by atoms with Gasteiger partial charge in [0.15, 0.2) is 0 Å². The van der Waals surface area contributed by atoms with Crippen LogP contribution in [0, 0.1) is 5.82 Å². The second-order valence-electron chi connectivity index (χ2n) is 2.32. The molecule has 1 atom stereocenters. The number of rotatable bonds is 2. The van der Waals surface area contributed by atoms with Crippen LogP contribution in [0.3, 0.4) is 0 Å². The largest absolute Gasteiger partial charge is 0.478 e. The summed E-state index contributed by atoms with van der Waals surface area (Å²) in [6.07, 6.45) is -2.53. The number of carboxylic acid groups (broad SMARTS) is 1. The summed E-state index contributed by atoms with van der Waals surface area (Å²) in [5.41, 5.74) is -2.66. The fourth-order valence-electron chi connectivity index (χ4n) is 0.748. The van der Waals surface area contributed by atoms with Gasteiger partial charge in [-0.1, -0.05) is 0 Å². The molecule has 0 bridgehead atoms. The Balaban J connectivity index is 3.37. The zero-order chi connectivity index (χ0) is 10.9. The van der Waals surface area contributed by atoms with E-state index in [1.807, 2.05) is 0 Å². The van der Waals surface area contributed by atoms with E-state index < -0.39 is 29.3 Å². The molecule has 0 aliphatic heterocycles. The van der Waals surface area contributed by atoms with Crippen molar-refractivity contribution in [1.82, 2.24) is 9.55 Å². The van der Waals surface area contributed by atoms with Gasteiger partial charge in [-0.05, 0) is 0 Å². The number of halogens is 2. The van der Waals surface area contributed by atoms with E-state index in [2.05, 4.69) is 0 Å². The standard InChI is InChI=1S/C6H4F2N2O4/c7-2-1-10(3(8)5(12)13)6(14)9-4(2)11/h1,3H,(H,12,13)(H,9,11,14). The quantitative estimate of drug-likeness (QED) is 0.664. The first-order valence-corrected chi connectivity index (χ1v) is 3.31. The van der Waals surface area contributed by atoms with Crippen LogP contribution in [0.1, 0.15) is 6.30 Å². The highest BCUT2D eigenvalue weighted by molar-refractivity contribution is 5.70. The average molecular weight is 206 g/mol. The first-order chi connectivity index (χ1) is 6.43. The lowest BCUT2D eigenvalue weighted by Gasteiger charge is -2.05. The van der Waals surface area contributed by atoms with Gasteiger partial charge in [-0.2, -0.15) is 4.39 Å². The lowest BCUT2D eigenvalue weighted by molar-refractivity contribution is -0.146. The molecule has 14 heavy (non-hydrogen) atoms. The molecule has 76 valence electrons. The maximum absolute atomic E-state index is 12.7. The van der Waals surface area contributed by atoms with Crippen molar-refractivity contribution in [3.63, 3.8) is 0 Å². The summed E-state index contributed by atoms with van der Waals surface area (Å²) in [7, 11) is 0. The number of aliphatic carboxylic acids is 1. The van der Waals surface area contributed by atoms with E-state index in [1.54, 1.807) is 0 Å². The minimum atomic E-state index is -2.73. The minimum absolute atomic E-state index is 0.0704. The Kier molecular flexibility index (Phi) is 2.45. The number of aromatic amines is 1. The SMILES string of the molecule is O=C(O)C(F)n1cc(F)c(=O)[nH]c1=O. The molecule has 0 aromatic carbocycles. The Morgan fingerprint density at radius 2 is 2.14 bits per heavy atom. The van der Waals surface area contributed by atoms with Gasteiger partial charge in [-0.25, -0.2) is 14.0 Å². The Labute approximate surface area is 74.4 Å². The zero-order valence-corrected chi connectivity index (χ0v) is 6.53. The summed E-state index contributed by atoms with van der Waals surface area (Å²) in [5.74, 6) is -3.40. The van der Waals surface area contributed by atoms with Crippen molar-refractivity contribution in [3.8, 4) is 0 Å². The molecule has 1 heterocycles. The number of alkyl halides is 1.